The summed E-state index contributed by atoms with van der Waals surface area (Å²) >= 11 is 5.70. The fraction of sp³-hybridized carbons (Fsp3) is 0.0909. The summed E-state index contributed by atoms with van der Waals surface area (Å²) in [6, 6.07) is 4.59. The Labute approximate surface area is 110 Å². The maximum absolute atomic E-state index is 12.6. The van der Waals surface area contributed by atoms with Gasteiger partial charge in [0.25, 0.3) is 0 Å². The average molecular weight is 287 g/mol. The van der Waals surface area contributed by atoms with Crippen LogP contribution in [0.3, 0.4) is 0 Å². The van der Waals surface area contributed by atoms with Gasteiger partial charge in [-0.3, -0.25) is 0 Å². The Kier molecular flexibility index (Phi) is 3.12. The monoisotopic (exact) mass is 286 g/mol. The van der Waals surface area contributed by atoms with Crippen LogP contribution < -0.4 is 5.73 Å². The number of nitrogens with zero attached hydrogens (tertiary/aromatic N) is 3. The van der Waals surface area contributed by atoms with Crippen molar-refractivity contribution in [2.45, 2.75) is 6.18 Å². The van der Waals surface area contributed by atoms with Gasteiger partial charge in [0.1, 0.15) is 5.02 Å². The highest BCUT2D eigenvalue weighted by molar-refractivity contribution is 6.32. The second-order valence-electron chi connectivity index (χ2n) is 3.65. The highest BCUT2D eigenvalue weighted by Gasteiger charge is 2.33. The lowest BCUT2D eigenvalue weighted by Gasteiger charge is -2.10. The lowest BCUT2D eigenvalue weighted by atomic mass is 10.1. The molecule has 0 saturated carbocycles. The maximum atomic E-state index is 12.6. The van der Waals surface area contributed by atoms with Crippen molar-refractivity contribution in [3.05, 3.63) is 40.5 Å². The third-order valence-electron chi connectivity index (χ3n) is 2.39. The molecule has 0 saturated heterocycles. The molecule has 0 radical (unpaired) electrons. The Morgan fingerprint density at radius 2 is 2.05 bits per heavy atom. The summed E-state index contributed by atoms with van der Waals surface area (Å²) in [5, 5.41) is 12.8. The molecule has 1 aromatic heterocycles. The first-order chi connectivity index (χ1) is 8.82. The molecular weight excluding hydrogens is 281 g/mol. The number of benzene rings is 1. The van der Waals surface area contributed by atoms with Gasteiger partial charge < -0.3 is 5.73 Å². The first kappa shape index (κ1) is 13.2. The van der Waals surface area contributed by atoms with Gasteiger partial charge in [-0.25, -0.2) is 4.68 Å². The van der Waals surface area contributed by atoms with Crippen LogP contribution in [0.5, 0.6) is 0 Å². The van der Waals surface area contributed by atoms with Gasteiger partial charge in [-0.2, -0.15) is 18.4 Å². The first-order valence-corrected chi connectivity index (χ1v) is 5.33. The lowest BCUT2D eigenvalue weighted by Crippen LogP contribution is -2.08. The summed E-state index contributed by atoms with van der Waals surface area (Å²) in [7, 11) is 0. The quantitative estimate of drug-likeness (QED) is 0.876. The normalized spacial score (nSPS) is 11.3. The number of hydrogen-bond donors (Lipinski definition) is 1. The minimum Gasteiger partial charge on any atom is -0.381 e. The predicted octanol–water partition coefficient (Wildman–Crippen LogP) is 3.00. The second kappa shape index (κ2) is 4.48. The van der Waals surface area contributed by atoms with Crippen LogP contribution in [-0.2, 0) is 6.18 Å². The molecule has 1 heterocycles. The highest BCUT2D eigenvalue weighted by Crippen LogP contribution is 2.32. The summed E-state index contributed by atoms with van der Waals surface area (Å²) in [5.41, 5.74) is 4.22. The molecule has 19 heavy (non-hydrogen) atoms. The van der Waals surface area contributed by atoms with Crippen LogP contribution in [0, 0.1) is 11.3 Å². The fourth-order valence-electron chi connectivity index (χ4n) is 1.51. The zero-order chi connectivity index (χ0) is 14.2. The van der Waals surface area contributed by atoms with Gasteiger partial charge in [-0.1, -0.05) is 11.6 Å². The van der Waals surface area contributed by atoms with Crippen molar-refractivity contribution in [3.8, 4) is 11.8 Å². The van der Waals surface area contributed by atoms with Crippen molar-refractivity contribution in [2.75, 3.05) is 5.73 Å². The molecule has 0 amide bonds. The minimum atomic E-state index is -4.58. The number of rotatable bonds is 1. The summed E-state index contributed by atoms with van der Waals surface area (Å²) in [4.78, 5) is 0. The van der Waals surface area contributed by atoms with Crippen LogP contribution in [-0.4, -0.2) is 9.78 Å². The topological polar surface area (TPSA) is 67.6 Å². The van der Waals surface area contributed by atoms with Gasteiger partial charge in [-0.15, -0.1) is 5.10 Å². The van der Waals surface area contributed by atoms with Crippen molar-refractivity contribution in [3.63, 3.8) is 0 Å². The number of hydrogen-bond acceptors (Lipinski definition) is 3. The van der Waals surface area contributed by atoms with Gasteiger partial charge in [0, 0.05) is 0 Å². The number of nitriles is 1. The number of aromatic nitrogens is 2. The molecule has 8 heteroatoms. The smallest absolute Gasteiger partial charge is 0.381 e. The van der Waals surface area contributed by atoms with Crippen molar-refractivity contribution in [1.82, 2.24) is 9.78 Å². The number of alkyl halides is 3. The molecule has 2 rings (SSSR count). The van der Waals surface area contributed by atoms with E-state index in [1.807, 2.05) is 0 Å². The Morgan fingerprint density at radius 3 is 2.53 bits per heavy atom. The van der Waals surface area contributed by atoms with Crippen LogP contribution in [0.15, 0.2) is 24.4 Å². The van der Waals surface area contributed by atoms with Gasteiger partial charge in [0.2, 0.25) is 0 Å². The molecule has 2 aromatic rings. The number of anilines is 1. The zero-order valence-corrected chi connectivity index (χ0v) is 10.00. The zero-order valence-electron chi connectivity index (χ0n) is 9.24. The SMILES string of the molecule is N#Cc1cc(-n2cc(Cl)c(N)n2)ccc1C(F)(F)F. The molecule has 0 aliphatic heterocycles. The Balaban J connectivity index is 2.54. The van der Waals surface area contributed by atoms with Crippen molar-refractivity contribution >= 4 is 17.4 Å². The minimum absolute atomic E-state index is 0.0556. The van der Waals surface area contributed by atoms with Gasteiger partial charge in [0.05, 0.1) is 29.1 Å². The van der Waals surface area contributed by atoms with Crippen LogP contribution in [0.2, 0.25) is 5.02 Å². The third kappa shape index (κ3) is 2.48. The summed E-state index contributed by atoms with van der Waals surface area (Å²) in [6.07, 6.45) is -3.23. The van der Waals surface area contributed by atoms with Crippen molar-refractivity contribution in [1.29, 1.82) is 5.26 Å². The van der Waals surface area contributed by atoms with Gasteiger partial charge in [-0.05, 0) is 18.2 Å². The number of nitrogens with two attached hydrogens (primary N) is 1. The van der Waals surface area contributed by atoms with E-state index < -0.39 is 17.3 Å². The molecule has 98 valence electrons. The molecule has 0 fully saturated rings. The molecule has 0 aliphatic carbocycles. The molecule has 0 bridgehead atoms. The van der Waals surface area contributed by atoms with Crippen LogP contribution in [0.1, 0.15) is 11.1 Å². The Morgan fingerprint density at radius 1 is 1.37 bits per heavy atom. The molecule has 0 spiro atoms. The van der Waals surface area contributed by atoms with Gasteiger partial charge in [0.15, 0.2) is 5.82 Å². The first-order valence-electron chi connectivity index (χ1n) is 4.95. The molecule has 0 atom stereocenters. The second-order valence-corrected chi connectivity index (χ2v) is 4.05. The maximum Gasteiger partial charge on any atom is 0.417 e. The van der Waals surface area contributed by atoms with Crippen LogP contribution >= 0.6 is 11.6 Å². The molecule has 4 nitrogen and oxygen atoms in total. The fourth-order valence-corrected chi connectivity index (χ4v) is 1.64. The van der Waals surface area contributed by atoms with Crippen molar-refractivity contribution < 1.29 is 13.2 Å². The molecule has 0 unspecified atom stereocenters. The van der Waals surface area contributed by atoms with E-state index in [0.717, 1.165) is 12.1 Å². The lowest BCUT2D eigenvalue weighted by molar-refractivity contribution is -0.137. The molecular formula is C11H6ClF3N4. The third-order valence-corrected chi connectivity index (χ3v) is 2.68. The van der Waals surface area contributed by atoms with E-state index in [1.165, 1.54) is 23.0 Å². The summed E-state index contributed by atoms with van der Waals surface area (Å²) in [5.74, 6) is 0.0556. The van der Waals surface area contributed by atoms with Crippen molar-refractivity contribution in [2.24, 2.45) is 0 Å². The largest absolute Gasteiger partial charge is 0.417 e. The average Bonchev–Trinajstić information content (AvgIpc) is 2.67. The molecule has 2 N–H and O–H groups in total. The Bertz CT molecular complexity index is 650. The van der Waals surface area contributed by atoms with E-state index in [1.54, 1.807) is 0 Å². The van der Waals surface area contributed by atoms with E-state index >= 15 is 0 Å². The summed E-state index contributed by atoms with van der Waals surface area (Å²) in [6.45, 7) is 0. The van der Waals surface area contributed by atoms with E-state index in [9.17, 15) is 13.2 Å². The standard InChI is InChI=1S/C11H6ClF3N4/c12-9-5-19(18-10(9)17)7-1-2-8(11(13,14)15)6(3-7)4-16/h1-3,5H,(H2,17,18). The van der Waals surface area contributed by atoms with Gasteiger partial charge >= 0.3 is 6.18 Å². The molecule has 1 aromatic carbocycles. The van der Waals surface area contributed by atoms with Crippen LogP contribution in [0.4, 0.5) is 19.0 Å². The van der Waals surface area contributed by atoms with Crippen LogP contribution in [0.25, 0.3) is 5.69 Å². The van der Waals surface area contributed by atoms with E-state index in [2.05, 4.69) is 5.10 Å². The highest BCUT2D eigenvalue weighted by atomic mass is 35.5. The predicted molar refractivity (Wildman–Crippen MR) is 62.7 cm³/mol. The number of nitrogen functional groups attached to an aromatic ring is 1. The Hall–Kier alpha value is -2.20. The summed E-state index contributed by atoms with van der Waals surface area (Å²) < 4.78 is 39.1. The number of halogens is 4. The van der Waals surface area contributed by atoms with E-state index in [-0.39, 0.29) is 16.5 Å². The van der Waals surface area contributed by atoms with E-state index in [0.29, 0.717) is 0 Å². The molecule has 0 aliphatic rings. The van der Waals surface area contributed by atoms with E-state index in [4.69, 9.17) is 22.6 Å².